The predicted molar refractivity (Wildman–Crippen MR) is 91.2 cm³/mol. The van der Waals surface area contributed by atoms with Gasteiger partial charge in [-0.15, -0.1) is 11.3 Å². The van der Waals surface area contributed by atoms with E-state index in [1.54, 1.807) is 11.3 Å². The molecule has 4 nitrogen and oxygen atoms in total. The molecule has 0 aromatic carbocycles. The Morgan fingerprint density at radius 1 is 1.41 bits per heavy atom. The SMILES string of the molecule is CCCc1cc(-c2cscn2)c2c3c(n(C)c2n1)CCNC3. The average Bonchev–Trinajstić information content (AvgIpc) is 3.16. The van der Waals surface area contributed by atoms with Crippen molar-refractivity contribution in [3.05, 3.63) is 33.9 Å². The highest BCUT2D eigenvalue weighted by atomic mass is 32.1. The van der Waals surface area contributed by atoms with Crippen LogP contribution in [0.25, 0.3) is 22.3 Å². The van der Waals surface area contributed by atoms with E-state index in [0.717, 1.165) is 43.7 Å². The van der Waals surface area contributed by atoms with Crippen LogP contribution in [0.15, 0.2) is 17.0 Å². The molecule has 0 saturated heterocycles. The maximum Gasteiger partial charge on any atom is 0.141 e. The zero-order chi connectivity index (χ0) is 15.1. The molecule has 0 amide bonds. The summed E-state index contributed by atoms with van der Waals surface area (Å²) >= 11 is 1.65. The number of hydrogen-bond donors (Lipinski definition) is 1. The number of pyridine rings is 1. The summed E-state index contributed by atoms with van der Waals surface area (Å²) < 4.78 is 2.29. The number of thiazole rings is 1. The van der Waals surface area contributed by atoms with Crippen LogP contribution in [-0.2, 0) is 26.4 Å². The molecule has 114 valence electrons. The Bertz CT molecular complexity index is 817. The molecule has 4 heterocycles. The van der Waals surface area contributed by atoms with Crippen molar-refractivity contribution in [3.8, 4) is 11.3 Å². The molecule has 5 heteroatoms. The highest BCUT2D eigenvalue weighted by Crippen LogP contribution is 2.35. The fourth-order valence-corrected chi connectivity index (χ4v) is 4.01. The normalized spacial score (nSPS) is 14.5. The van der Waals surface area contributed by atoms with Crippen LogP contribution >= 0.6 is 11.3 Å². The molecular weight excluding hydrogens is 292 g/mol. The van der Waals surface area contributed by atoms with Crippen molar-refractivity contribution in [1.29, 1.82) is 0 Å². The van der Waals surface area contributed by atoms with Crippen molar-refractivity contribution >= 4 is 22.4 Å². The maximum absolute atomic E-state index is 4.95. The summed E-state index contributed by atoms with van der Waals surface area (Å²) in [5.41, 5.74) is 9.35. The Balaban J connectivity index is 2.06. The molecule has 0 fully saturated rings. The minimum absolute atomic E-state index is 0.929. The van der Waals surface area contributed by atoms with Gasteiger partial charge in [0.15, 0.2) is 0 Å². The van der Waals surface area contributed by atoms with Gasteiger partial charge in [0.05, 0.1) is 11.2 Å². The second-order valence-corrected chi connectivity index (χ2v) is 6.61. The molecule has 0 unspecified atom stereocenters. The van der Waals surface area contributed by atoms with Crippen LogP contribution in [0.4, 0.5) is 0 Å². The summed E-state index contributed by atoms with van der Waals surface area (Å²) in [4.78, 5) is 9.51. The van der Waals surface area contributed by atoms with Crippen molar-refractivity contribution < 1.29 is 0 Å². The number of nitrogens with zero attached hydrogens (tertiary/aromatic N) is 3. The fourth-order valence-electron chi connectivity index (χ4n) is 3.46. The lowest BCUT2D eigenvalue weighted by atomic mass is 10.0. The topological polar surface area (TPSA) is 42.7 Å². The second-order valence-electron chi connectivity index (χ2n) is 5.89. The van der Waals surface area contributed by atoms with Gasteiger partial charge in [-0.25, -0.2) is 9.97 Å². The van der Waals surface area contributed by atoms with Gasteiger partial charge in [0.25, 0.3) is 0 Å². The molecule has 3 aromatic rings. The van der Waals surface area contributed by atoms with Gasteiger partial charge in [-0.1, -0.05) is 13.3 Å². The standard InChI is InChI=1S/C17H20N4S/c1-3-4-11-7-12(14-9-22-10-19-14)16-13-8-18-6-5-15(13)21(2)17(16)20-11/h7,9-10,18H,3-6,8H2,1-2H3. The second kappa shape index (κ2) is 5.48. The lowest BCUT2D eigenvalue weighted by Crippen LogP contribution is -2.24. The summed E-state index contributed by atoms with van der Waals surface area (Å²) in [6.45, 7) is 4.18. The van der Waals surface area contributed by atoms with Gasteiger partial charge in [0, 0.05) is 54.3 Å². The summed E-state index contributed by atoms with van der Waals surface area (Å²) in [6.07, 6.45) is 3.20. The van der Waals surface area contributed by atoms with Crippen LogP contribution in [0.1, 0.15) is 30.3 Å². The van der Waals surface area contributed by atoms with E-state index < -0.39 is 0 Å². The molecule has 3 aromatic heterocycles. The number of aromatic nitrogens is 3. The summed E-state index contributed by atoms with van der Waals surface area (Å²) in [5.74, 6) is 0. The van der Waals surface area contributed by atoms with E-state index in [9.17, 15) is 0 Å². The first-order chi connectivity index (χ1) is 10.8. The molecule has 1 aliphatic rings. The molecule has 0 aliphatic carbocycles. The number of hydrogen-bond acceptors (Lipinski definition) is 4. The van der Waals surface area contributed by atoms with Gasteiger partial charge in [0.1, 0.15) is 5.65 Å². The third-order valence-electron chi connectivity index (χ3n) is 4.48. The van der Waals surface area contributed by atoms with Crippen molar-refractivity contribution in [2.75, 3.05) is 6.54 Å². The average molecular weight is 312 g/mol. The van der Waals surface area contributed by atoms with Crippen LogP contribution in [0.3, 0.4) is 0 Å². The first-order valence-electron chi connectivity index (χ1n) is 7.89. The van der Waals surface area contributed by atoms with E-state index in [2.05, 4.69) is 40.3 Å². The van der Waals surface area contributed by atoms with Crippen molar-refractivity contribution in [1.82, 2.24) is 19.9 Å². The third-order valence-corrected chi connectivity index (χ3v) is 5.07. The van der Waals surface area contributed by atoms with Gasteiger partial charge in [-0.3, -0.25) is 0 Å². The Morgan fingerprint density at radius 3 is 3.09 bits per heavy atom. The van der Waals surface area contributed by atoms with Gasteiger partial charge < -0.3 is 9.88 Å². The number of aryl methyl sites for hydroxylation is 2. The minimum Gasteiger partial charge on any atom is -0.332 e. The Hall–Kier alpha value is -1.72. The van der Waals surface area contributed by atoms with Crippen LogP contribution in [-0.4, -0.2) is 21.1 Å². The minimum atomic E-state index is 0.929. The number of rotatable bonds is 3. The van der Waals surface area contributed by atoms with E-state index in [1.165, 1.54) is 27.9 Å². The zero-order valence-corrected chi connectivity index (χ0v) is 13.8. The summed E-state index contributed by atoms with van der Waals surface area (Å²) in [7, 11) is 2.15. The Morgan fingerprint density at radius 2 is 2.32 bits per heavy atom. The quantitative estimate of drug-likeness (QED) is 0.807. The number of fused-ring (bicyclic) bond motifs is 3. The molecule has 0 radical (unpaired) electrons. The zero-order valence-electron chi connectivity index (χ0n) is 13.0. The molecule has 0 saturated carbocycles. The van der Waals surface area contributed by atoms with E-state index in [1.807, 2.05) is 5.51 Å². The van der Waals surface area contributed by atoms with E-state index in [-0.39, 0.29) is 0 Å². The van der Waals surface area contributed by atoms with Gasteiger partial charge in [0.2, 0.25) is 0 Å². The highest BCUT2D eigenvalue weighted by molar-refractivity contribution is 7.07. The summed E-state index contributed by atoms with van der Waals surface area (Å²) in [5, 5.41) is 6.93. The van der Waals surface area contributed by atoms with Crippen molar-refractivity contribution in [3.63, 3.8) is 0 Å². The monoisotopic (exact) mass is 312 g/mol. The molecule has 1 N–H and O–H groups in total. The lowest BCUT2D eigenvalue weighted by molar-refractivity contribution is 0.621. The fraction of sp³-hybridized carbons (Fsp3) is 0.412. The van der Waals surface area contributed by atoms with Gasteiger partial charge in [-0.05, 0) is 18.1 Å². The smallest absolute Gasteiger partial charge is 0.141 e. The molecule has 0 spiro atoms. The van der Waals surface area contributed by atoms with Crippen molar-refractivity contribution in [2.45, 2.75) is 32.7 Å². The van der Waals surface area contributed by atoms with E-state index in [0.29, 0.717) is 0 Å². The first kappa shape index (κ1) is 13.9. The number of nitrogens with one attached hydrogen (secondary N) is 1. The Labute approximate surface area is 134 Å². The third kappa shape index (κ3) is 2.08. The molecule has 4 rings (SSSR count). The Kier molecular flexibility index (Phi) is 3.47. The van der Waals surface area contributed by atoms with Crippen LogP contribution < -0.4 is 5.32 Å². The van der Waals surface area contributed by atoms with E-state index >= 15 is 0 Å². The van der Waals surface area contributed by atoms with Crippen LogP contribution in [0, 0.1) is 0 Å². The van der Waals surface area contributed by atoms with Crippen molar-refractivity contribution in [2.24, 2.45) is 7.05 Å². The predicted octanol–water partition coefficient (Wildman–Crippen LogP) is 3.30. The highest BCUT2D eigenvalue weighted by Gasteiger charge is 2.23. The molecule has 0 atom stereocenters. The van der Waals surface area contributed by atoms with Gasteiger partial charge in [-0.2, -0.15) is 0 Å². The van der Waals surface area contributed by atoms with E-state index in [4.69, 9.17) is 4.98 Å². The van der Waals surface area contributed by atoms with Gasteiger partial charge >= 0.3 is 0 Å². The molecule has 22 heavy (non-hydrogen) atoms. The maximum atomic E-state index is 4.95. The molecular formula is C17H20N4S. The van der Waals surface area contributed by atoms with Crippen LogP contribution in [0.5, 0.6) is 0 Å². The first-order valence-corrected chi connectivity index (χ1v) is 8.83. The largest absolute Gasteiger partial charge is 0.332 e. The van der Waals surface area contributed by atoms with Crippen LogP contribution in [0.2, 0.25) is 0 Å². The molecule has 1 aliphatic heterocycles. The summed E-state index contributed by atoms with van der Waals surface area (Å²) in [6, 6.07) is 2.25. The molecule has 0 bridgehead atoms. The lowest BCUT2D eigenvalue weighted by Gasteiger charge is -2.14.